The summed E-state index contributed by atoms with van der Waals surface area (Å²) in [6.07, 6.45) is 9.78. The second kappa shape index (κ2) is 20.3. The molecule has 320 valence electrons. The number of halogens is 7. The summed E-state index contributed by atoms with van der Waals surface area (Å²) in [7, 11) is 0. The van der Waals surface area contributed by atoms with Crippen molar-refractivity contribution in [2.45, 2.75) is 75.5 Å². The van der Waals surface area contributed by atoms with E-state index < -0.39 is 40.7 Å². The van der Waals surface area contributed by atoms with Crippen molar-refractivity contribution in [2.24, 2.45) is 9.98 Å². The number of carbonyl (C=O) groups is 4. The Labute approximate surface area is 371 Å². The number of carbonyl (C=O) groups excluding carboxylic acids is 4. The maximum Gasteiger partial charge on any atom is 0.275 e. The SMILES string of the molecule is O=C(CCl)Nc1ccc(F)c(F)c1.O=C(CN1C(=O)C(c2ccc(Br)cc2)=NC12CCCCC2)Nc1ccc(F)c(F)c1.O=C1NC2(CCCCC2)N=C1c1ccc(Br)cc1. The number of nitrogens with one attached hydrogen (secondary N) is 3. The van der Waals surface area contributed by atoms with Crippen LogP contribution in [0.2, 0.25) is 0 Å². The number of amides is 4. The first-order valence-corrected chi connectivity index (χ1v) is 21.7. The minimum absolute atomic E-state index is 0.0285. The normalized spacial score (nSPS) is 17.3. The van der Waals surface area contributed by atoms with Crippen LogP contribution in [-0.2, 0) is 19.2 Å². The largest absolute Gasteiger partial charge is 0.326 e. The molecule has 2 aliphatic heterocycles. The molecule has 2 fully saturated rings. The van der Waals surface area contributed by atoms with Crippen LogP contribution in [0.15, 0.2) is 104 Å². The predicted molar refractivity (Wildman–Crippen MR) is 234 cm³/mol. The van der Waals surface area contributed by atoms with Crippen molar-refractivity contribution in [3.63, 3.8) is 0 Å². The zero-order chi connectivity index (χ0) is 43.7. The van der Waals surface area contributed by atoms with Crippen LogP contribution in [-0.4, -0.2) is 63.7 Å². The Hall–Kier alpha value is -4.93. The molecule has 0 radical (unpaired) electrons. The zero-order valence-electron chi connectivity index (χ0n) is 32.7. The lowest BCUT2D eigenvalue weighted by Gasteiger charge is -2.38. The highest BCUT2D eigenvalue weighted by Gasteiger charge is 2.48. The van der Waals surface area contributed by atoms with Gasteiger partial charge in [-0.2, -0.15) is 0 Å². The second-order valence-electron chi connectivity index (χ2n) is 14.9. The number of rotatable bonds is 7. The third-order valence-electron chi connectivity index (χ3n) is 10.6. The topological polar surface area (TPSA) is 132 Å². The van der Waals surface area contributed by atoms with Crippen LogP contribution >= 0.6 is 43.5 Å². The first-order chi connectivity index (χ1) is 29.2. The van der Waals surface area contributed by atoms with Gasteiger partial charge in [0, 0.05) is 43.6 Å². The van der Waals surface area contributed by atoms with Gasteiger partial charge in [0.15, 0.2) is 23.3 Å². The first kappa shape index (κ1) is 45.6. The molecular formula is C44H41Br2ClF4N6O4. The van der Waals surface area contributed by atoms with Crippen LogP contribution in [0, 0.1) is 23.3 Å². The molecule has 0 bridgehead atoms. The number of hydrogen-bond acceptors (Lipinski definition) is 6. The number of benzene rings is 4. The summed E-state index contributed by atoms with van der Waals surface area (Å²) in [5.74, 6) is -5.49. The van der Waals surface area contributed by atoms with Crippen molar-refractivity contribution >= 4 is 89.9 Å². The van der Waals surface area contributed by atoms with Crippen molar-refractivity contribution in [1.82, 2.24) is 10.2 Å². The molecule has 2 aliphatic carbocycles. The maximum absolute atomic E-state index is 13.4. The van der Waals surface area contributed by atoms with E-state index in [9.17, 15) is 36.7 Å². The molecule has 2 saturated carbocycles. The molecular weight excluding hydrogens is 948 g/mol. The van der Waals surface area contributed by atoms with Crippen LogP contribution in [0.1, 0.15) is 75.3 Å². The highest BCUT2D eigenvalue weighted by atomic mass is 79.9. The third kappa shape index (κ3) is 11.5. The van der Waals surface area contributed by atoms with Crippen LogP contribution < -0.4 is 16.0 Å². The fourth-order valence-corrected chi connectivity index (χ4v) is 8.17. The summed E-state index contributed by atoms with van der Waals surface area (Å²) in [4.78, 5) is 59.7. The van der Waals surface area contributed by atoms with Crippen molar-refractivity contribution in [1.29, 1.82) is 0 Å². The standard InChI is InChI=1S/C22H20BrF2N3O2.C14H15BrN2O.C8H6ClF2NO/c23-15-6-4-14(5-7-15)20-21(30)28(22(27-20)10-2-1-3-11-22)13-19(29)26-16-8-9-17(24)18(25)12-16;15-11-6-4-10(5-7-11)12-13(18)17-14(16-12)8-2-1-3-9-14;9-4-8(13)12-5-1-2-6(10)7(11)3-5/h4-9,12H,1-3,10-11,13H2,(H,26,29);4-7H,1-3,8-9H2,(H,17,18);1-3H,4H2,(H,12,13). The molecule has 61 heavy (non-hydrogen) atoms. The first-order valence-electron chi connectivity index (χ1n) is 19.6. The Bertz CT molecular complexity index is 2340. The Morgan fingerprint density at radius 1 is 0.639 bits per heavy atom. The second-order valence-corrected chi connectivity index (χ2v) is 17.0. The van der Waals surface area contributed by atoms with E-state index in [1.807, 2.05) is 48.5 Å². The lowest BCUT2D eigenvalue weighted by atomic mass is 9.88. The van der Waals surface area contributed by atoms with Gasteiger partial charge in [0.25, 0.3) is 11.8 Å². The third-order valence-corrected chi connectivity index (χ3v) is 11.9. The van der Waals surface area contributed by atoms with Crippen molar-refractivity contribution in [3.05, 3.63) is 128 Å². The number of anilines is 2. The maximum atomic E-state index is 13.4. The minimum Gasteiger partial charge on any atom is -0.326 e. The van der Waals surface area contributed by atoms with E-state index in [0.717, 1.165) is 83.7 Å². The van der Waals surface area contributed by atoms with Gasteiger partial charge in [-0.25, -0.2) is 17.6 Å². The molecule has 4 aromatic rings. The molecule has 0 unspecified atom stereocenters. The van der Waals surface area contributed by atoms with Gasteiger partial charge < -0.3 is 20.9 Å². The van der Waals surface area contributed by atoms with Crippen molar-refractivity contribution in [2.75, 3.05) is 23.1 Å². The molecule has 2 heterocycles. The van der Waals surface area contributed by atoms with E-state index >= 15 is 0 Å². The van der Waals surface area contributed by atoms with Gasteiger partial charge in [-0.15, -0.1) is 11.6 Å². The van der Waals surface area contributed by atoms with E-state index in [0.29, 0.717) is 29.8 Å². The molecule has 0 atom stereocenters. The van der Waals surface area contributed by atoms with Crippen LogP contribution in [0.5, 0.6) is 0 Å². The van der Waals surface area contributed by atoms with E-state index in [4.69, 9.17) is 21.6 Å². The van der Waals surface area contributed by atoms with E-state index in [2.05, 4.69) is 47.8 Å². The summed E-state index contributed by atoms with van der Waals surface area (Å²) < 4.78 is 53.4. The Morgan fingerprint density at radius 2 is 1.11 bits per heavy atom. The fraction of sp³-hybridized carbons (Fsp3) is 0.318. The molecule has 17 heteroatoms. The van der Waals surface area contributed by atoms with Crippen LogP contribution in [0.3, 0.4) is 0 Å². The van der Waals surface area contributed by atoms with Crippen LogP contribution in [0.25, 0.3) is 0 Å². The van der Waals surface area contributed by atoms with Gasteiger partial charge in [-0.3, -0.25) is 29.2 Å². The predicted octanol–water partition coefficient (Wildman–Crippen LogP) is 9.83. The molecule has 3 N–H and O–H groups in total. The lowest BCUT2D eigenvalue weighted by molar-refractivity contribution is -0.134. The van der Waals surface area contributed by atoms with Gasteiger partial charge >= 0.3 is 0 Å². The molecule has 10 nitrogen and oxygen atoms in total. The molecule has 4 aromatic carbocycles. The molecule has 0 aromatic heterocycles. The average Bonchev–Trinajstić information content (AvgIpc) is 3.70. The minimum atomic E-state index is -1.05. The number of alkyl halides is 1. The van der Waals surface area contributed by atoms with E-state index in [1.54, 1.807) is 0 Å². The van der Waals surface area contributed by atoms with Gasteiger partial charge in [-0.1, -0.05) is 69.0 Å². The molecule has 4 aliphatic rings. The summed E-state index contributed by atoms with van der Waals surface area (Å²) >= 11 is 12.0. The average molecular weight is 989 g/mol. The highest BCUT2D eigenvalue weighted by Crippen LogP contribution is 2.40. The van der Waals surface area contributed by atoms with Gasteiger partial charge in [-0.05, 0) is 99.9 Å². The van der Waals surface area contributed by atoms with Gasteiger partial charge in [0.05, 0.1) is 0 Å². The van der Waals surface area contributed by atoms with Crippen molar-refractivity contribution < 1.29 is 36.7 Å². The lowest BCUT2D eigenvalue weighted by Crippen LogP contribution is -2.51. The number of aliphatic imine (C=N–C) groups is 2. The quantitative estimate of drug-likeness (QED) is 0.126. The smallest absolute Gasteiger partial charge is 0.275 e. The Morgan fingerprint density at radius 3 is 1.61 bits per heavy atom. The molecule has 4 amide bonds. The van der Waals surface area contributed by atoms with Gasteiger partial charge in [0.2, 0.25) is 11.8 Å². The molecule has 2 spiro atoms. The van der Waals surface area contributed by atoms with Crippen molar-refractivity contribution in [3.8, 4) is 0 Å². The number of nitrogens with zero attached hydrogens (tertiary/aromatic N) is 3. The van der Waals surface area contributed by atoms with E-state index in [-0.39, 0.29) is 41.3 Å². The molecule has 0 saturated heterocycles. The summed E-state index contributed by atoms with van der Waals surface area (Å²) in [5, 5.41) is 7.90. The Balaban J connectivity index is 0.000000170. The number of hydrogen-bond donors (Lipinski definition) is 3. The summed E-state index contributed by atoms with van der Waals surface area (Å²) in [6.45, 7) is -0.207. The monoisotopic (exact) mass is 986 g/mol. The summed E-state index contributed by atoms with van der Waals surface area (Å²) in [5.41, 5.74) is 1.83. The van der Waals surface area contributed by atoms with E-state index in [1.165, 1.54) is 23.5 Å². The summed E-state index contributed by atoms with van der Waals surface area (Å²) in [6, 6.07) is 21.3. The highest BCUT2D eigenvalue weighted by molar-refractivity contribution is 9.10. The Kier molecular flexibility index (Phi) is 15.2. The zero-order valence-corrected chi connectivity index (χ0v) is 36.6. The van der Waals surface area contributed by atoms with Gasteiger partial charge in [0.1, 0.15) is 35.2 Å². The molecule has 8 rings (SSSR count). The van der Waals surface area contributed by atoms with Crippen LogP contribution in [0.4, 0.5) is 28.9 Å². The fourth-order valence-electron chi connectivity index (χ4n) is 7.57.